The van der Waals surface area contributed by atoms with E-state index in [1.165, 1.54) is 11.3 Å². The van der Waals surface area contributed by atoms with E-state index in [0.29, 0.717) is 27.3 Å². The van der Waals surface area contributed by atoms with E-state index in [2.05, 4.69) is 9.97 Å². The van der Waals surface area contributed by atoms with Crippen LogP contribution in [-0.2, 0) is 9.53 Å². The number of carboxylic acid groups (broad SMARTS) is 1. The molecular formula is C15H17ClN2O4S2. The van der Waals surface area contributed by atoms with E-state index in [0.717, 1.165) is 11.8 Å². The lowest BCUT2D eigenvalue weighted by molar-refractivity contribution is -0.136. The summed E-state index contributed by atoms with van der Waals surface area (Å²) in [6.07, 6.45) is 0. The molecule has 24 heavy (non-hydrogen) atoms. The van der Waals surface area contributed by atoms with E-state index in [1.807, 2.05) is 13.8 Å². The van der Waals surface area contributed by atoms with Gasteiger partial charge < -0.3 is 9.84 Å². The van der Waals surface area contributed by atoms with Crippen molar-refractivity contribution in [2.24, 2.45) is 5.92 Å². The van der Waals surface area contributed by atoms with Crippen molar-refractivity contribution in [1.82, 2.24) is 9.97 Å². The normalized spacial score (nSPS) is 12.6. The lowest BCUT2D eigenvalue weighted by atomic mass is 10.2. The minimum Gasteiger partial charge on any atom is -0.480 e. The Morgan fingerprint density at radius 2 is 2.00 bits per heavy atom. The van der Waals surface area contributed by atoms with Gasteiger partial charge >= 0.3 is 11.9 Å². The van der Waals surface area contributed by atoms with Crippen LogP contribution in [0.2, 0.25) is 5.15 Å². The van der Waals surface area contributed by atoms with Gasteiger partial charge in [0.15, 0.2) is 5.16 Å². The van der Waals surface area contributed by atoms with Crippen LogP contribution in [0.5, 0.6) is 0 Å². The molecule has 2 aromatic heterocycles. The molecule has 0 aliphatic rings. The highest BCUT2D eigenvalue weighted by Gasteiger charge is 2.22. The molecule has 1 atom stereocenters. The number of carbonyl (C=O) groups excluding carboxylic acids is 1. The number of aromatic nitrogens is 2. The van der Waals surface area contributed by atoms with Crippen LogP contribution in [0.1, 0.15) is 36.0 Å². The summed E-state index contributed by atoms with van der Waals surface area (Å²) in [7, 11) is 0. The molecule has 1 N–H and O–H groups in total. The first kappa shape index (κ1) is 19.0. The predicted octanol–water partition coefficient (Wildman–Crippen LogP) is 4.03. The number of fused-ring (bicyclic) bond motifs is 1. The minimum atomic E-state index is -0.958. The molecule has 0 saturated carbocycles. The summed E-state index contributed by atoms with van der Waals surface area (Å²) in [5.41, 5.74) is 0.677. The summed E-state index contributed by atoms with van der Waals surface area (Å²) < 4.78 is 5.26. The average Bonchev–Trinajstić information content (AvgIpc) is 2.82. The van der Waals surface area contributed by atoms with Crippen LogP contribution in [0, 0.1) is 12.8 Å². The maximum absolute atomic E-state index is 12.2. The Bertz CT molecular complexity index is 791. The largest absolute Gasteiger partial charge is 0.480 e. The number of carboxylic acids is 1. The quantitative estimate of drug-likeness (QED) is 0.345. The van der Waals surface area contributed by atoms with Gasteiger partial charge in [-0.2, -0.15) is 0 Å². The molecule has 2 heterocycles. The Morgan fingerprint density at radius 3 is 2.58 bits per heavy atom. The zero-order valence-corrected chi connectivity index (χ0v) is 16.0. The summed E-state index contributed by atoms with van der Waals surface area (Å²) >= 11 is 8.40. The third kappa shape index (κ3) is 4.17. The molecule has 2 aromatic rings. The molecule has 2 rings (SSSR count). The first-order valence-electron chi connectivity index (χ1n) is 7.24. The van der Waals surface area contributed by atoms with Gasteiger partial charge in [-0.3, -0.25) is 4.79 Å². The van der Waals surface area contributed by atoms with Crippen LogP contribution < -0.4 is 0 Å². The number of rotatable bonds is 6. The third-order valence-corrected chi connectivity index (χ3v) is 5.48. The van der Waals surface area contributed by atoms with Gasteiger partial charge in [0.25, 0.3) is 0 Å². The van der Waals surface area contributed by atoms with Crippen LogP contribution >= 0.6 is 34.7 Å². The molecule has 9 heteroatoms. The fraction of sp³-hybridized carbons (Fsp3) is 0.467. The molecule has 0 aliphatic carbocycles. The van der Waals surface area contributed by atoms with Gasteiger partial charge in [0.2, 0.25) is 0 Å². The van der Waals surface area contributed by atoms with Gasteiger partial charge in [0, 0.05) is 0 Å². The summed E-state index contributed by atoms with van der Waals surface area (Å²) in [5.74, 6) is -1.12. The van der Waals surface area contributed by atoms with Crippen molar-refractivity contribution in [3.63, 3.8) is 0 Å². The SMILES string of the molecule is Cc1c(C(=O)OCC(C)C)sc2nc(SC(C)C(=O)O)nc(Cl)c12. The van der Waals surface area contributed by atoms with Crippen molar-refractivity contribution in [2.75, 3.05) is 6.61 Å². The number of hydrogen-bond donors (Lipinski definition) is 1. The number of aryl methyl sites for hydroxylation is 1. The van der Waals surface area contributed by atoms with Crippen LogP contribution in [0.15, 0.2) is 5.16 Å². The summed E-state index contributed by atoms with van der Waals surface area (Å²) in [5, 5.41) is 9.36. The number of hydrogen-bond acceptors (Lipinski definition) is 7. The molecule has 0 saturated heterocycles. The highest BCUT2D eigenvalue weighted by Crippen LogP contribution is 2.36. The second-order valence-corrected chi connectivity index (χ2v) is 8.29. The van der Waals surface area contributed by atoms with Crippen LogP contribution in [0.4, 0.5) is 0 Å². The number of carbonyl (C=O) groups is 2. The second-order valence-electron chi connectivity index (χ2n) is 5.62. The van der Waals surface area contributed by atoms with E-state index >= 15 is 0 Å². The lowest BCUT2D eigenvalue weighted by Gasteiger charge is -2.06. The van der Waals surface area contributed by atoms with Crippen molar-refractivity contribution in [3.8, 4) is 0 Å². The molecule has 0 aliphatic heterocycles. The molecule has 6 nitrogen and oxygen atoms in total. The number of esters is 1. The van der Waals surface area contributed by atoms with Crippen molar-refractivity contribution in [2.45, 2.75) is 38.1 Å². The third-order valence-electron chi connectivity index (χ3n) is 3.09. The highest BCUT2D eigenvalue weighted by atomic mass is 35.5. The second kappa shape index (κ2) is 7.67. The molecule has 0 spiro atoms. The first-order chi connectivity index (χ1) is 11.2. The van der Waals surface area contributed by atoms with Gasteiger partial charge in [-0.25, -0.2) is 14.8 Å². The predicted molar refractivity (Wildman–Crippen MR) is 95.2 cm³/mol. The number of aliphatic carboxylic acids is 1. The summed E-state index contributed by atoms with van der Waals surface area (Å²) in [6.45, 7) is 7.57. The van der Waals surface area contributed by atoms with Crippen molar-refractivity contribution in [3.05, 3.63) is 15.6 Å². The molecule has 1 unspecified atom stereocenters. The van der Waals surface area contributed by atoms with Crippen molar-refractivity contribution < 1.29 is 19.4 Å². The van der Waals surface area contributed by atoms with Crippen LogP contribution in [0.3, 0.4) is 0 Å². The fourth-order valence-corrected chi connectivity index (χ4v) is 4.09. The van der Waals surface area contributed by atoms with Gasteiger partial charge in [-0.1, -0.05) is 37.2 Å². The summed E-state index contributed by atoms with van der Waals surface area (Å²) in [4.78, 5) is 32.6. The standard InChI is InChI=1S/C15H17ClN2O4S2/c1-6(2)5-22-14(21)10-7(3)9-11(16)17-15(18-12(9)24-10)23-8(4)13(19)20/h6,8H,5H2,1-4H3,(H,19,20). The smallest absolute Gasteiger partial charge is 0.348 e. The average molecular weight is 389 g/mol. The van der Waals surface area contributed by atoms with Gasteiger partial charge in [-0.15, -0.1) is 11.3 Å². The van der Waals surface area contributed by atoms with Crippen molar-refractivity contribution >= 4 is 56.9 Å². The fourth-order valence-electron chi connectivity index (χ4n) is 1.84. The Hall–Kier alpha value is -1.38. The minimum absolute atomic E-state index is 0.205. The molecule has 130 valence electrons. The number of nitrogens with zero attached hydrogens (tertiary/aromatic N) is 2. The molecule has 0 bridgehead atoms. The molecule has 0 radical (unpaired) electrons. The Balaban J connectivity index is 2.37. The first-order valence-corrected chi connectivity index (χ1v) is 9.31. The maximum atomic E-state index is 12.2. The highest BCUT2D eigenvalue weighted by molar-refractivity contribution is 8.00. The van der Waals surface area contributed by atoms with E-state index in [9.17, 15) is 9.59 Å². The number of thiophene rings is 1. The van der Waals surface area contributed by atoms with Crippen molar-refractivity contribution in [1.29, 1.82) is 0 Å². The molecule has 0 amide bonds. The van der Waals surface area contributed by atoms with E-state index < -0.39 is 17.2 Å². The van der Waals surface area contributed by atoms with Gasteiger partial charge in [0.05, 0.1) is 12.0 Å². The van der Waals surface area contributed by atoms with E-state index in [-0.39, 0.29) is 16.2 Å². The topological polar surface area (TPSA) is 89.4 Å². The monoisotopic (exact) mass is 388 g/mol. The summed E-state index contributed by atoms with van der Waals surface area (Å²) in [6, 6.07) is 0. The molecular weight excluding hydrogens is 372 g/mol. The number of thioether (sulfide) groups is 1. The zero-order chi connectivity index (χ0) is 18.0. The zero-order valence-electron chi connectivity index (χ0n) is 13.6. The number of halogens is 1. The Labute approximate surface area is 152 Å². The molecule has 0 fully saturated rings. The van der Waals surface area contributed by atoms with E-state index in [4.69, 9.17) is 21.4 Å². The van der Waals surface area contributed by atoms with Crippen LogP contribution in [0.25, 0.3) is 10.2 Å². The molecule has 0 aromatic carbocycles. The van der Waals surface area contributed by atoms with Gasteiger partial charge in [-0.05, 0) is 25.3 Å². The van der Waals surface area contributed by atoms with E-state index in [1.54, 1.807) is 13.8 Å². The number of ether oxygens (including phenoxy) is 1. The van der Waals surface area contributed by atoms with Gasteiger partial charge in [0.1, 0.15) is 20.1 Å². The Morgan fingerprint density at radius 1 is 1.33 bits per heavy atom. The van der Waals surface area contributed by atoms with Crippen LogP contribution in [-0.4, -0.2) is 38.9 Å². The maximum Gasteiger partial charge on any atom is 0.348 e. The Kier molecular flexibility index (Phi) is 6.06. The lowest BCUT2D eigenvalue weighted by Crippen LogP contribution is -2.11.